The number of carbonyl (C=O) groups is 1. The molecule has 0 aromatic carbocycles. The lowest BCUT2D eigenvalue weighted by Gasteiger charge is -2.24. The van der Waals surface area contributed by atoms with Gasteiger partial charge in [0.1, 0.15) is 4.75 Å². The van der Waals surface area contributed by atoms with E-state index in [9.17, 15) is 4.79 Å². The Hall–Kier alpha value is -0.700. The van der Waals surface area contributed by atoms with Crippen molar-refractivity contribution in [3.05, 3.63) is 24.3 Å². The van der Waals surface area contributed by atoms with Crippen molar-refractivity contribution in [1.82, 2.24) is 0 Å². The summed E-state index contributed by atoms with van der Waals surface area (Å²) in [6.07, 6.45) is 8.90. The highest BCUT2D eigenvalue weighted by atomic mass is 32.2. The van der Waals surface area contributed by atoms with Crippen molar-refractivity contribution in [2.75, 3.05) is 0 Å². The Morgan fingerprint density at radius 3 is 2.53 bits per heavy atom. The van der Waals surface area contributed by atoms with Gasteiger partial charge in [0, 0.05) is 5.41 Å². The SMILES string of the molecule is CC/C=C/C=C/[C@@]1(C)S[C@H](C(C)(C)C)OC1=O. The van der Waals surface area contributed by atoms with E-state index in [4.69, 9.17) is 4.74 Å². The number of rotatable bonds is 3. The van der Waals surface area contributed by atoms with Crippen LogP contribution in [0.4, 0.5) is 0 Å². The molecule has 0 amide bonds. The summed E-state index contributed by atoms with van der Waals surface area (Å²) in [7, 11) is 0. The molecule has 0 saturated carbocycles. The van der Waals surface area contributed by atoms with Crippen LogP contribution in [0, 0.1) is 5.41 Å². The first kappa shape index (κ1) is 14.4. The lowest BCUT2D eigenvalue weighted by atomic mass is 9.98. The monoisotopic (exact) mass is 254 g/mol. The summed E-state index contributed by atoms with van der Waals surface area (Å²) in [5.74, 6) is -0.136. The zero-order valence-electron chi connectivity index (χ0n) is 11.3. The zero-order chi connectivity index (χ0) is 13.1. The molecule has 0 N–H and O–H groups in total. The van der Waals surface area contributed by atoms with E-state index in [1.807, 2.05) is 25.2 Å². The van der Waals surface area contributed by atoms with E-state index in [-0.39, 0.29) is 16.8 Å². The molecule has 1 fully saturated rings. The van der Waals surface area contributed by atoms with Crippen LogP contribution in [0.2, 0.25) is 0 Å². The van der Waals surface area contributed by atoms with E-state index in [0.29, 0.717) is 0 Å². The summed E-state index contributed by atoms with van der Waals surface area (Å²) in [5, 5.41) is 0. The van der Waals surface area contributed by atoms with E-state index < -0.39 is 4.75 Å². The summed E-state index contributed by atoms with van der Waals surface area (Å²) < 4.78 is 4.90. The van der Waals surface area contributed by atoms with Crippen LogP contribution in [0.1, 0.15) is 41.0 Å². The smallest absolute Gasteiger partial charge is 0.327 e. The molecule has 0 spiro atoms. The van der Waals surface area contributed by atoms with Gasteiger partial charge in [-0.05, 0) is 13.3 Å². The highest BCUT2D eigenvalue weighted by molar-refractivity contribution is 8.02. The van der Waals surface area contributed by atoms with Crippen molar-refractivity contribution in [2.24, 2.45) is 5.41 Å². The van der Waals surface area contributed by atoms with E-state index >= 15 is 0 Å². The molecule has 96 valence electrons. The lowest BCUT2D eigenvalue weighted by Crippen LogP contribution is -2.24. The van der Waals surface area contributed by atoms with E-state index in [2.05, 4.69) is 33.8 Å². The third kappa shape index (κ3) is 3.63. The van der Waals surface area contributed by atoms with Crippen LogP contribution in [0.5, 0.6) is 0 Å². The average molecular weight is 254 g/mol. The minimum Gasteiger partial charge on any atom is -0.449 e. The predicted molar refractivity (Wildman–Crippen MR) is 73.9 cm³/mol. The molecular weight excluding hydrogens is 232 g/mol. The first-order valence-corrected chi connectivity index (χ1v) is 6.91. The third-order valence-electron chi connectivity index (χ3n) is 2.58. The van der Waals surface area contributed by atoms with E-state index in [1.165, 1.54) is 0 Å². The second-order valence-electron chi connectivity index (χ2n) is 5.52. The van der Waals surface area contributed by atoms with Crippen molar-refractivity contribution in [1.29, 1.82) is 0 Å². The second kappa shape index (κ2) is 5.30. The largest absolute Gasteiger partial charge is 0.449 e. The van der Waals surface area contributed by atoms with Gasteiger partial charge < -0.3 is 4.74 Å². The summed E-state index contributed by atoms with van der Waals surface area (Å²) in [5.41, 5.74) is -0.0923. The molecule has 0 aromatic rings. The fourth-order valence-corrected chi connectivity index (χ4v) is 2.66. The number of thioether (sulfide) groups is 1. The zero-order valence-corrected chi connectivity index (χ0v) is 12.1. The average Bonchev–Trinajstić information content (AvgIpc) is 2.51. The van der Waals surface area contributed by atoms with Gasteiger partial charge in [0.2, 0.25) is 0 Å². The molecule has 0 aromatic heterocycles. The van der Waals surface area contributed by atoms with E-state index in [0.717, 1.165) is 6.42 Å². The van der Waals surface area contributed by atoms with Gasteiger partial charge in [0.05, 0.1) is 0 Å². The topological polar surface area (TPSA) is 26.3 Å². The normalized spacial score (nSPS) is 30.4. The van der Waals surface area contributed by atoms with Gasteiger partial charge in [0.25, 0.3) is 0 Å². The summed E-state index contributed by atoms with van der Waals surface area (Å²) in [4.78, 5) is 11.9. The highest BCUT2D eigenvalue weighted by Gasteiger charge is 2.48. The van der Waals surface area contributed by atoms with Crippen molar-refractivity contribution in [2.45, 2.75) is 51.2 Å². The molecule has 1 saturated heterocycles. The summed E-state index contributed by atoms with van der Waals surface area (Å²) >= 11 is 1.59. The lowest BCUT2D eigenvalue weighted by molar-refractivity contribution is -0.146. The number of esters is 1. The number of carbonyl (C=O) groups excluding carboxylic acids is 1. The molecule has 3 heteroatoms. The van der Waals surface area contributed by atoms with Crippen molar-refractivity contribution >= 4 is 17.7 Å². The van der Waals surface area contributed by atoms with Crippen LogP contribution in [0.25, 0.3) is 0 Å². The third-order valence-corrected chi connectivity index (χ3v) is 4.39. The molecule has 0 unspecified atom stereocenters. The standard InChI is InChI=1S/C14H22O2S/c1-6-7-8-9-10-14(5)11(15)16-12(17-14)13(2,3)4/h7-10,12H,6H2,1-5H3/b8-7+,10-9+/t12-,14-/m1/s1. The molecule has 1 heterocycles. The Morgan fingerprint density at radius 2 is 2.06 bits per heavy atom. The van der Waals surface area contributed by atoms with Gasteiger partial charge >= 0.3 is 5.97 Å². The van der Waals surface area contributed by atoms with Gasteiger partial charge in [-0.25, -0.2) is 0 Å². The fraction of sp³-hybridized carbons (Fsp3) is 0.643. The number of ether oxygens (including phenoxy) is 1. The minimum absolute atomic E-state index is 0.0226. The first-order valence-electron chi connectivity index (χ1n) is 6.03. The molecule has 1 aliphatic rings. The molecule has 1 rings (SSSR count). The Bertz CT molecular complexity index is 339. The van der Waals surface area contributed by atoms with Crippen LogP contribution in [0.15, 0.2) is 24.3 Å². The fourth-order valence-electron chi connectivity index (χ4n) is 1.42. The summed E-state index contributed by atoms with van der Waals surface area (Å²) in [6, 6.07) is 0. The molecule has 17 heavy (non-hydrogen) atoms. The van der Waals surface area contributed by atoms with Gasteiger partial charge in [-0.15, -0.1) is 0 Å². The van der Waals surface area contributed by atoms with Crippen LogP contribution in [-0.2, 0) is 9.53 Å². The van der Waals surface area contributed by atoms with Crippen LogP contribution in [0.3, 0.4) is 0 Å². The Labute approximate surface area is 108 Å². The maximum absolute atomic E-state index is 11.9. The van der Waals surface area contributed by atoms with Gasteiger partial charge in [-0.1, -0.05) is 63.8 Å². The molecular formula is C14H22O2S. The molecule has 0 bridgehead atoms. The van der Waals surface area contributed by atoms with Gasteiger partial charge in [0.15, 0.2) is 5.44 Å². The molecule has 1 aliphatic heterocycles. The molecule has 0 aliphatic carbocycles. The molecule has 2 nitrogen and oxygen atoms in total. The first-order chi connectivity index (χ1) is 7.79. The highest BCUT2D eigenvalue weighted by Crippen LogP contribution is 2.46. The quantitative estimate of drug-likeness (QED) is 0.564. The maximum Gasteiger partial charge on any atom is 0.327 e. The Kier molecular flexibility index (Phi) is 4.48. The predicted octanol–water partition coefficient (Wildman–Crippen LogP) is 3.93. The summed E-state index contributed by atoms with van der Waals surface area (Å²) in [6.45, 7) is 10.3. The van der Waals surface area contributed by atoms with Gasteiger partial charge in [-0.2, -0.15) is 0 Å². The van der Waals surface area contributed by atoms with Crippen LogP contribution < -0.4 is 0 Å². The second-order valence-corrected chi connectivity index (χ2v) is 7.04. The van der Waals surface area contributed by atoms with Crippen LogP contribution >= 0.6 is 11.8 Å². The van der Waals surface area contributed by atoms with Gasteiger partial charge in [-0.3, -0.25) is 4.79 Å². The van der Waals surface area contributed by atoms with Crippen molar-refractivity contribution in [3.63, 3.8) is 0 Å². The van der Waals surface area contributed by atoms with E-state index in [1.54, 1.807) is 11.8 Å². The van der Waals surface area contributed by atoms with Crippen LogP contribution in [-0.4, -0.2) is 16.2 Å². The van der Waals surface area contributed by atoms with Crippen molar-refractivity contribution in [3.8, 4) is 0 Å². The molecule has 0 radical (unpaired) electrons. The molecule has 2 atom stereocenters. The Balaban J connectivity index is 2.75. The number of hydrogen-bond donors (Lipinski definition) is 0. The number of cyclic esters (lactones) is 1. The number of allylic oxidation sites excluding steroid dienone is 3. The van der Waals surface area contributed by atoms with Crippen molar-refractivity contribution < 1.29 is 9.53 Å². The Morgan fingerprint density at radius 1 is 1.41 bits per heavy atom. The number of hydrogen-bond acceptors (Lipinski definition) is 3. The minimum atomic E-state index is -0.546. The maximum atomic E-state index is 11.9.